The molecule has 0 saturated carbocycles. The van der Waals surface area contributed by atoms with Crippen LogP contribution in [-0.4, -0.2) is 56.2 Å². The predicted molar refractivity (Wildman–Crippen MR) is 162 cm³/mol. The van der Waals surface area contributed by atoms with E-state index in [2.05, 4.69) is 59.7 Å². The molecule has 0 atom stereocenters. The molecular weight excluding hydrogens is 514 g/mol. The van der Waals surface area contributed by atoms with Crippen molar-refractivity contribution in [3.63, 3.8) is 0 Å². The van der Waals surface area contributed by atoms with Crippen molar-refractivity contribution in [3.8, 4) is 11.5 Å². The minimum absolute atomic E-state index is 0.620. The summed E-state index contributed by atoms with van der Waals surface area (Å²) < 4.78 is 5.53. The maximum Gasteiger partial charge on any atom is 0.180 e. The predicted octanol–water partition coefficient (Wildman–Crippen LogP) is 5.90. The minimum atomic E-state index is 0.620. The zero-order valence-electron chi connectivity index (χ0n) is 22.8. The highest BCUT2D eigenvalue weighted by atomic mass is 16.5. The SMILES string of the molecule is Cc1cc(Nc2ccc3[nH]c(-c4ccc(Nc5cc(C)nc6ccc(N7CCOCC7)cc56)cn4)nc3n2)ccn1. The first kappa shape index (κ1) is 24.9. The summed E-state index contributed by atoms with van der Waals surface area (Å²) in [5, 5.41) is 7.94. The summed E-state index contributed by atoms with van der Waals surface area (Å²) in [5.41, 5.74) is 9.02. The van der Waals surface area contributed by atoms with Crippen LogP contribution in [0.4, 0.5) is 28.6 Å². The van der Waals surface area contributed by atoms with E-state index in [4.69, 9.17) is 14.7 Å². The fourth-order valence-electron chi connectivity index (χ4n) is 5.09. The van der Waals surface area contributed by atoms with Gasteiger partial charge in [-0.2, -0.15) is 0 Å². The van der Waals surface area contributed by atoms with E-state index in [1.807, 2.05) is 56.4 Å². The van der Waals surface area contributed by atoms with Gasteiger partial charge in [0.1, 0.15) is 11.5 Å². The van der Waals surface area contributed by atoms with Crippen LogP contribution in [0.25, 0.3) is 33.6 Å². The molecule has 0 spiro atoms. The Balaban J connectivity index is 1.13. The molecule has 41 heavy (non-hydrogen) atoms. The Kier molecular flexibility index (Phi) is 6.36. The van der Waals surface area contributed by atoms with Crippen LogP contribution in [0.3, 0.4) is 0 Å². The zero-order chi connectivity index (χ0) is 27.8. The molecule has 7 rings (SSSR count). The molecule has 1 aliphatic rings. The number of aromatic nitrogens is 6. The number of H-pyrrole nitrogens is 1. The number of morpholine rings is 1. The summed E-state index contributed by atoms with van der Waals surface area (Å²) in [6.45, 7) is 7.24. The largest absolute Gasteiger partial charge is 0.378 e. The first-order valence-electron chi connectivity index (χ1n) is 13.6. The third-order valence-electron chi connectivity index (χ3n) is 7.10. The molecule has 5 aromatic heterocycles. The van der Waals surface area contributed by atoms with Gasteiger partial charge in [-0.1, -0.05) is 0 Å². The van der Waals surface area contributed by atoms with Crippen molar-refractivity contribution in [1.82, 2.24) is 29.9 Å². The summed E-state index contributed by atoms with van der Waals surface area (Å²) in [6, 6.07) is 20.2. The van der Waals surface area contributed by atoms with Gasteiger partial charge < -0.3 is 25.3 Å². The Morgan fingerprint density at radius 2 is 1.71 bits per heavy atom. The van der Waals surface area contributed by atoms with Gasteiger partial charge in [-0.3, -0.25) is 15.0 Å². The number of hydrogen-bond acceptors (Lipinski definition) is 9. The number of pyridine rings is 4. The third-order valence-corrected chi connectivity index (χ3v) is 7.10. The van der Waals surface area contributed by atoms with Gasteiger partial charge in [0.15, 0.2) is 11.5 Å². The second kappa shape index (κ2) is 10.5. The van der Waals surface area contributed by atoms with Crippen molar-refractivity contribution < 1.29 is 4.74 Å². The Bertz CT molecular complexity index is 1860. The van der Waals surface area contributed by atoms with Crippen LogP contribution in [-0.2, 0) is 4.74 Å². The second-order valence-electron chi connectivity index (χ2n) is 10.1. The van der Waals surface area contributed by atoms with Gasteiger partial charge in [-0.15, -0.1) is 0 Å². The van der Waals surface area contributed by atoms with E-state index in [-0.39, 0.29) is 0 Å². The number of rotatable bonds is 6. The molecule has 0 unspecified atom stereocenters. The molecule has 10 heteroatoms. The normalized spacial score (nSPS) is 13.6. The van der Waals surface area contributed by atoms with Crippen molar-refractivity contribution >= 4 is 50.6 Å². The molecule has 10 nitrogen and oxygen atoms in total. The highest BCUT2D eigenvalue weighted by Crippen LogP contribution is 2.31. The van der Waals surface area contributed by atoms with Crippen molar-refractivity contribution in [2.45, 2.75) is 13.8 Å². The van der Waals surface area contributed by atoms with E-state index in [1.54, 1.807) is 6.20 Å². The monoisotopic (exact) mass is 543 g/mol. The number of benzene rings is 1. The van der Waals surface area contributed by atoms with Crippen LogP contribution in [0.2, 0.25) is 0 Å². The van der Waals surface area contributed by atoms with Crippen LogP contribution < -0.4 is 15.5 Å². The van der Waals surface area contributed by atoms with E-state index in [9.17, 15) is 0 Å². The molecule has 1 aromatic carbocycles. The lowest BCUT2D eigenvalue weighted by Gasteiger charge is -2.29. The smallest absolute Gasteiger partial charge is 0.180 e. The highest BCUT2D eigenvalue weighted by Gasteiger charge is 2.14. The first-order valence-corrected chi connectivity index (χ1v) is 13.6. The van der Waals surface area contributed by atoms with Gasteiger partial charge in [0.25, 0.3) is 0 Å². The maximum absolute atomic E-state index is 5.53. The molecule has 0 radical (unpaired) electrons. The fourth-order valence-corrected chi connectivity index (χ4v) is 5.09. The number of anilines is 5. The van der Waals surface area contributed by atoms with Gasteiger partial charge in [-0.05, 0) is 74.5 Å². The first-order chi connectivity index (χ1) is 20.1. The fraction of sp³-hybridized carbons (Fsp3) is 0.194. The number of aryl methyl sites for hydroxylation is 2. The van der Waals surface area contributed by atoms with Crippen LogP contribution in [0.15, 0.2) is 73.1 Å². The molecule has 1 aliphatic heterocycles. The van der Waals surface area contributed by atoms with Crippen LogP contribution >= 0.6 is 0 Å². The Morgan fingerprint density at radius 1 is 0.805 bits per heavy atom. The number of ether oxygens (including phenoxy) is 1. The number of nitrogens with one attached hydrogen (secondary N) is 3. The maximum atomic E-state index is 5.53. The summed E-state index contributed by atoms with van der Waals surface area (Å²) in [6.07, 6.45) is 3.59. The number of aromatic amines is 1. The van der Waals surface area contributed by atoms with Crippen molar-refractivity contribution in [3.05, 3.63) is 84.4 Å². The summed E-state index contributed by atoms with van der Waals surface area (Å²) >= 11 is 0. The Morgan fingerprint density at radius 3 is 2.54 bits per heavy atom. The Hall–Kier alpha value is -5.09. The highest BCUT2D eigenvalue weighted by molar-refractivity contribution is 5.95. The quantitative estimate of drug-likeness (QED) is 0.236. The topological polar surface area (TPSA) is 117 Å². The zero-order valence-corrected chi connectivity index (χ0v) is 22.8. The van der Waals surface area contributed by atoms with E-state index < -0.39 is 0 Å². The molecule has 1 fully saturated rings. The van der Waals surface area contributed by atoms with Crippen LogP contribution in [0, 0.1) is 13.8 Å². The molecule has 204 valence electrons. The van der Waals surface area contributed by atoms with Crippen molar-refractivity contribution in [2.24, 2.45) is 0 Å². The van der Waals surface area contributed by atoms with Gasteiger partial charge in [0.2, 0.25) is 0 Å². The molecule has 6 aromatic rings. The Labute approximate surface area is 236 Å². The summed E-state index contributed by atoms with van der Waals surface area (Å²) in [7, 11) is 0. The molecule has 1 saturated heterocycles. The lowest BCUT2D eigenvalue weighted by Crippen LogP contribution is -2.36. The lowest BCUT2D eigenvalue weighted by atomic mass is 10.1. The van der Waals surface area contributed by atoms with Gasteiger partial charge in [0.05, 0.1) is 36.1 Å². The average Bonchev–Trinajstić information content (AvgIpc) is 3.41. The van der Waals surface area contributed by atoms with E-state index in [0.29, 0.717) is 17.3 Å². The van der Waals surface area contributed by atoms with Gasteiger partial charge in [-0.25, -0.2) is 9.97 Å². The standard InChI is InChI=1S/C31H29N9O/c1-19-15-21(9-10-32-19)36-29-8-7-27-31(38-29)39-30(37-27)26-5-3-22(18-33-26)35-28-16-20(2)34-25-6-4-23(17-24(25)28)40-11-13-41-14-12-40/h3-10,15-18H,11-14H2,1-2H3,(H,34,35)(H2,32,36,37,38,39). The van der Waals surface area contributed by atoms with Crippen molar-refractivity contribution in [1.29, 1.82) is 0 Å². The number of imidazole rings is 1. The second-order valence-corrected chi connectivity index (χ2v) is 10.1. The average molecular weight is 544 g/mol. The molecular formula is C31H29N9O. The van der Waals surface area contributed by atoms with Gasteiger partial charge >= 0.3 is 0 Å². The molecule has 0 bridgehead atoms. The van der Waals surface area contributed by atoms with Gasteiger partial charge in [0, 0.05) is 53.1 Å². The van der Waals surface area contributed by atoms with E-state index >= 15 is 0 Å². The van der Waals surface area contributed by atoms with Crippen molar-refractivity contribution in [2.75, 3.05) is 41.8 Å². The third kappa shape index (κ3) is 5.24. The number of fused-ring (bicyclic) bond motifs is 2. The van der Waals surface area contributed by atoms with E-state index in [1.165, 1.54) is 5.69 Å². The molecule has 6 heterocycles. The van der Waals surface area contributed by atoms with Crippen LogP contribution in [0.5, 0.6) is 0 Å². The van der Waals surface area contributed by atoms with E-state index in [0.717, 1.165) is 76.9 Å². The lowest BCUT2D eigenvalue weighted by molar-refractivity contribution is 0.122. The molecule has 0 amide bonds. The number of nitrogens with zero attached hydrogens (tertiary/aromatic N) is 6. The summed E-state index contributed by atoms with van der Waals surface area (Å²) in [4.78, 5) is 28.7. The molecule has 3 N–H and O–H groups in total. The number of hydrogen-bond donors (Lipinski definition) is 3. The molecule has 0 aliphatic carbocycles. The minimum Gasteiger partial charge on any atom is -0.378 e. The van der Waals surface area contributed by atoms with Crippen LogP contribution in [0.1, 0.15) is 11.4 Å². The summed E-state index contributed by atoms with van der Waals surface area (Å²) in [5.74, 6) is 1.38.